The predicted octanol–water partition coefficient (Wildman–Crippen LogP) is 3.52. The summed E-state index contributed by atoms with van der Waals surface area (Å²) in [5.74, 6) is -0.0449. The summed E-state index contributed by atoms with van der Waals surface area (Å²) in [4.78, 5) is 14.3. The fourth-order valence-corrected chi connectivity index (χ4v) is 3.01. The van der Waals surface area contributed by atoms with E-state index in [1.54, 1.807) is 17.0 Å². The van der Waals surface area contributed by atoms with Crippen molar-refractivity contribution in [3.63, 3.8) is 0 Å². The number of phenols is 1. The molecule has 0 saturated carbocycles. The van der Waals surface area contributed by atoms with Crippen LogP contribution in [0.25, 0.3) is 0 Å². The van der Waals surface area contributed by atoms with Gasteiger partial charge in [0, 0.05) is 13.1 Å². The average molecular weight is 325 g/mol. The topological polar surface area (TPSA) is 49.8 Å². The zero-order valence-electron chi connectivity index (χ0n) is 13.9. The Kier molecular flexibility index (Phi) is 5.16. The third-order valence-corrected chi connectivity index (χ3v) is 4.44. The summed E-state index contributed by atoms with van der Waals surface area (Å²) >= 11 is 0. The molecule has 0 unspecified atom stereocenters. The molecule has 0 atom stereocenters. The number of nitrogens with zero attached hydrogens (tertiary/aromatic N) is 1. The van der Waals surface area contributed by atoms with Crippen molar-refractivity contribution < 1.29 is 14.6 Å². The minimum atomic E-state index is -0.103. The van der Waals surface area contributed by atoms with Crippen LogP contribution in [0.4, 0.5) is 0 Å². The molecule has 1 heterocycles. The van der Waals surface area contributed by atoms with Crippen molar-refractivity contribution in [1.82, 2.24) is 4.90 Å². The lowest BCUT2D eigenvalue weighted by Crippen LogP contribution is -2.40. The second-order valence-electron chi connectivity index (χ2n) is 6.31. The van der Waals surface area contributed by atoms with Gasteiger partial charge in [-0.05, 0) is 43.0 Å². The van der Waals surface area contributed by atoms with E-state index in [2.05, 4.69) is 12.1 Å². The van der Waals surface area contributed by atoms with E-state index in [4.69, 9.17) is 4.74 Å². The van der Waals surface area contributed by atoms with Gasteiger partial charge in [-0.2, -0.15) is 0 Å². The number of aryl methyl sites for hydroxylation is 1. The van der Waals surface area contributed by atoms with Gasteiger partial charge >= 0.3 is 0 Å². The predicted molar refractivity (Wildman–Crippen MR) is 93.0 cm³/mol. The van der Waals surface area contributed by atoms with E-state index >= 15 is 0 Å². The van der Waals surface area contributed by atoms with Crippen LogP contribution in [0.5, 0.6) is 5.75 Å². The highest BCUT2D eigenvalue weighted by Gasteiger charge is 2.25. The minimum Gasteiger partial charge on any atom is -0.507 e. The van der Waals surface area contributed by atoms with Crippen LogP contribution in [0.2, 0.25) is 0 Å². The van der Waals surface area contributed by atoms with Gasteiger partial charge in [0.05, 0.1) is 18.3 Å². The lowest BCUT2D eigenvalue weighted by atomic mass is 10.0. The van der Waals surface area contributed by atoms with Gasteiger partial charge in [-0.15, -0.1) is 0 Å². The van der Waals surface area contributed by atoms with E-state index in [0.29, 0.717) is 25.3 Å². The van der Waals surface area contributed by atoms with Crippen LogP contribution in [0.1, 0.15) is 34.3 Å². The van der Waals surface area contributed by atoms with Gasteiger partial charge in [0.15, 0.2) is 0 Å². The van der Waals surface area contributed by atoms with Gasteiger partial charge in [0.25, 0.3) is 5.91 Å². The number of amides is 1. The molecule has 1 amide bonds. The number of likely N-dealkylation sites (tertiary alicyclic amines) is 1. The molecular weight excluding hydrogens is 302 g/mol. The maximum atomic E-state index is 12.5. The van der Waals surface area contributed by atoms with Crippen LogP contribution in [-0.4, -0.2) is 35.1 Å². The van der Waals surface area contributed by atoms with Gasteiger partial charge in [0.2, 0.25) is 0 Å². The van der Waals surface area contributed by atoms with Crippen LogP contribution in [0, 0.1) is 6.92 Å². The molecule has 4 nitrogen and oxygen atoms in total. The Hall–Kier alpha value is -2.33. The van der Waals surface area contributed by atoms with Gasteiger partial charge in [0.1, 0.15) is 5.75 Å². The van der Waals surface area contributed by atoms with Crippen molar-refractivity contribution in [2.24, 2.45) is 0 Å². The molecule has 0 aliphatic carbocycles. The largest absolute Gasteiger partial charge is 0.507 e. The first-order valence-corrected chi connectivity index (χ1v) is 8.38. The maximum absolute atomic E-state index is 12.5. The molecule has 0 bridgehead atoms. The first-order chi connectivity index (χ1) is 11.6. The third-order valence-electron chi connectivity index (χ3n) is 4.44. The van der Waals surface area contributed by atoms with Crippen LogP contribution < -0.4 is 0 Å². The van der Waals surface area contributed by atoms with Crippen molar-refractivity contribution in [1.29, 1.82) is 0 Å². The number of aromatic hydroxyl groups is 1. The monoisotopic (exact) mass is 325 g/mol. The Morgan fingerprint density at radius 3 is 2.54 bits per heavy atom. The summed E-state index contributed by atoms with van der Waals surface area (Å²) in [7, 11) is 0. The Morgan fingerprint density at radius 1 is 1.17 bits per heavy atom. The number of piperidine rings is 1. The third kappa shape index (κ3) is 3.95. The minimum absolute atomic E-state index is 0.0578. The van der Waals surface area contributed by atoms with Crippen LogP contribution in [0.15, 0.2) is 48.5 Å². The van der Waals surface area contributed by atoms with Crippen molar-refractivity contribution in [2.75, 3.05) is 13.1 Å². The Labute approximate surface area is 142 Å². The van der Waals surface area contributed by atoms with Gasteiger partial charge in [-0.1, -0.05) is 36.4 Å². The van der Waals surface area contributed by atoms with Crippen molar-refractivity contribution in [3.05, 3.63) is 65.2 Å². The molecule has 2 aromatic rings. The van der Waals surface area contributed by atoms with Gasteiger partial charge < -0.3 is 14.7 Å². The molecule has 0 radical (unpaired) electrons. The quantitative estimate of drug-likeness (QED) is 0.935. The second kappa shape index (κ2) is 7.49. The molecule has 1 aliphatic heterocycles. The summed E-state index contributed by atoms with van der Waals surface area (Å²) in [6.07, 6.45) is 1.83. The normalized spacial score (nSPS) is 15.5. The zero-order chi connectivity index (χ0) is 16.9. The van der Waals surface area contributed by atoms with E-state index in [0.717, 1.165) is 18.4 Å². The van der Waals surface area contributed by atoms with Gasteiger partial charge in [-0.25, -0.2) is 0 Å². The highest BCUT2D eigenvalue weighted by molar-refractivity contribution is 5.97. The summed E-state index contributed by atoms with van der Waals surface area (Å²) in [5.41, 5.74) is 2.49. The highest BCUT2D eigenvalue weighted by atomic mass is 16.5. The van der Waals surface area contributed by atoms with Crippen molar-refractivity contribution >= 4 is 5.91 Å². The van der Waals surface area contributed by atoms with Crippen LogP contribution in [0.3, 0.4) is 0 Å². The number of hydrogen-bond acceptors (Lipinski definition) is 3. The van der Waals surface area contributed by atoms with E-state index in [9.17, 15) is 9.90 Å². The number of carbonyl (C=O) groups excluding carboxylic acids is 1. The molecule has 1 aliphatic rings. The van der Waals surface area contributed by atoms with E-state index in [1.165, 1.54) is 5.56 Å². The molecule has 126 valence electrons. The molecule has 1 N–H and O–H groups in total. The SMILES string of the molecule is Cc1ccc(C(=O)N2CCC(OCc3ccccc3)CC2)c(O)c1. The summed E-state index contributed by atoms with van der Waals surface area (Å²) in [5, 5.41) is 9.98. The zero-order valence-corrected chi connectivity index (χ0v) is 13.9. The van der Waals surface area contributed by atoms with Crippen LogP contribution in [-0.2, 0) is 11.3 Å². The highest BCUT2D eigenvalue weighted by Crippen LogP contribution is 2.23. The molecule has 1 saturated heterocycles. The van der Waals surface area contributed by atoms with Crippen LogP contribution >= 0.6 is 0 Å². The Bertz CT molecular complexity index is 691. The van der Waals surface area contributed by atoms with Crippen molar-refractivity contribution in [3.8, 4) is 5.75 Å². The number of rotatable bonds is 4. The summed E-state index contributed by atoms with van der Waals surface area (Å²) in [6.45, 7) is 3.82. The standard InChI is InChI=1S/C20H23NO3/c1-15-7-8-18(19(22)13-15)20(23)21-11-9-17(10-12-21)24-14-16-5-3-2-4-6-16/h2-8,13,17,22H,9-12,14H2,1H3. The van der Waals surface area contributed by atoms with E-state index in [1.807, 2.05) is 31.2 Å². The second-order valence-corrected chi connectivity index (χ2v) is 6.31. The Morgan fingerprint density at radius 2 is 1.88 bits per heavy atom. The lowest BCUT2D eigenvalue weighted by molar-refractivity contribution is -0.000427. The fourth-order valence-electron chi connectivity index (χ4n) is 3.01. The first-order valence-electron chi connectivity index (χ1n) is 8.38. The first kappa shape index (κ1) is 16.5. The Balaban J connectivity index is 1.52. The summed E-state index contributed by atoms with van der Waals surface area (Å²) in [6, 6.07) is 15.3. The fraction of sp³-hybridized carbons (Fsp3) is 0.350. The molecule has 3 rings (SSSR count). The van der Waals surface area contributed by atoms with E-state index < -0.39 is 0 Å². The number of benzene rings is 2. The van der Waals surface area contributed by atoms with Gasteiger partial charge in [-0.3, -0.25) is 4.79 Å². The number of hydrogen-bond donors (Lipinski definition) is 1. The average Bonchev–Trinajstić information content (AvgIpc) is 2.61. The summed E-state index contributed by atoms with van der Waals surface area (Å²) < 4.78 is 5.95. The number of carbonyl (C=O) groups is 1. The molecule has 2 aromatic carbocycles. The number of phenolic OH excluding ortho intramolecular Hbond substituents is 1. The molecule has 1 fully saturated rings. The number of ether oxygens (including phenoxy) is 1. The smallest absolute Gasteiger partial charge is 0.257 e. The van der Waals surface area contributed by atoms with E-state index in [-0.39, 0.29) is 17.8 Å². The lowest BCUT2D eigenvalue weighted by Gasteiger charge is -2.32. The molecule has 0 spiro atoms. The maximum Gasteiger partial charge on any atom is 0.257 e. The molecule has 4 heteroatoms. The van der Waals surface area contributed by atoms with Crippen molar-refractivity contribution in [2.45, 2.75) is 32.5 Å². The molecular formula is C20H23NO3. The molecule has 0 aromatic heterocycles. The molecule has 24 heavy (non-hydrogen) atoms.